The summed E-state index contributed by atoms with van der Waals surface area (Å²) in [5.41, 5.74) is 0. The zero-order valence-electron chi connectivity index (χ0n) is 10.2. The largest absolute Gasteiger partial charge is 0.342 e. The summed E-state index contributed by atoms with van der Waals surface area (Å²) >= 11 is 0. The van der Waals surface area contributed by atoms with Crippen LogP contribution in [-0.4, -0.2) is 61.0 Å². The highest BCUT2D eigenvalue weighted by Crippen LogP contribution is 2.13. The molecule has 2 fully saturated rings. The molecule has 0 saturated carbocycles. The molecule has 92 valence electrons. The molecule has 2 aliphatic heterocycles. The summed E-state index contributed by atoms with van der Waals surface area (Å²) in [7, 11) is 0. The van der Waals surface area contributed by atoms with E-state index in [1.54, 1.807) is 6.92 Å². The number of nitrogens with one attached hydrogen (secondary N) is 1. The first-order valence-corrected chi connectivity index (χ1v) is 6.47. The molecule has 2 saturated heterocycles. The molecule has 2 rings (SSSR count). The van der Waals surface area contributed by atoms with E-state index in [2.05, 4.69) is 10.2 Å². The number of rotatable bonds is 1. The first kappa shape index (κ1) is 11.9. The van der Waals surface area contributed by atoms with Crippen molar-refractivity contribution < 1.29 is 4.79 Å². The van der Waals surface area contributed by atoms with E-state index in [-0.39, 0.29) is 5.91 Å². The number of carbonyl (C=O) groups excluding carboxylic acids is 1. The Kier molecular flexibility index (Phi) is 4.18. The van der Waals surface area contributed by atoms with Crippen molar-refractivity contribution in [2.45, 2.75) is 32.2 Å². The number of nitrogens with zero attached hydrogens (tertiary/aromatic N) is 2. The lowest BCUT2D eigenvalue weighted by molar-refractivity contribution is -0.128. The average molecular weight is 225 g/mol. The summed E-state index contributed by atoms with van der Waals surface area (Å²) in [6.07, 6.45) is 3.72. The fourth-order valence-electron chi connectivity index (χ4n) is 2.76. The summed E-state index contributed by atoms with van der Waals surface area (Å²) in [6.45, 7) is 8.02. The van der Waals surface area contributed by atoms with Crippen molar-refractivity contribution in [2.24, 2.45) is 0 Å². The first-order chi connectivity index (χ1) is 7.77. The van der Waals surface area contributed by atoms with Crippen LogP contribution in [0.2, 0.25) is 0 Å². The van der Waals surface area contributed by atoms with Crippen LogP contribution in [-0.2, 0) is 4.79 Å². The van der Waals surface area contributed by atoms with Gasteiger partial charge in [0, 0.05) is 45.7 Å². The maximum Gasteiger partial charge on any atom is 0.219 e. The monoisotopic (exact) mass is 225 g/mol. The van der Waals surface area contributed by atoms with E-state index in [9.17, 15) is 4.79 Å². The van der Waals surface area contributed by atoms with Crippen molar-refractivity contribution in [1.29, 1.82) is 0 Å². The molecule has 0 aliphatic carbocycles. The van der Waals surface area contributed by atoms with Crippen molar-refractivity contribution in [3.05, 3.63) is 0 Å². The van der Waals surface area contributed by atoms with Crippen LogP contribution in [0, 0.1) is 0 Å². The fraction of sp³-hybridized carbons (Fsp3) is 0.917. The second-order valence-electron chi connectivity index (χ2n) is 4.90. The van der Waals surface area contributed by atoms with E-state index in [0.29, 0.717) is 6.04 Å². The van der Waals surface area contributed by atoms with E-state index < -0.39 is 0 Å². The van der Waals surface area contributed by atoms with Crippen LogP contribution in [0.5, 0.6) is 0 Å². The molecule has 1 N–H and O–H groups in total. The van der Waals surface area contributed by atoms with Crippen molar-refractivity contribution in [3.8, 4) is 0 Å². The number of hydrogen-bond donors (Lipinski definition) is 1. The Morgan fingerprint density at radius 1 is 1.19 bits per heavy atom. The van der Waals surface area contributed by atoms with Gasteiger partial charge in [-0.2, -0.15) is 0 Å². The van der Waals surface area contributed by atoms with Crippen LogP contribution in [0.15, 0.2) is 0 Å². The van der Waals surface area contributed by atoms with Crippen molar-refractivity contribution >= 4 is 5.91 Å². The summed E-state index contributed by atoms with van der Waals surface area (Å²) in [6, 6.07) is 0.695. The minimum atomic E-state index is 0.226. The minimum absolute atomic E-state index is 0.226. The number of piperidine rings is 1. The number of carbonyl (C=O) groups is 1. The van der Waals surface area contributed by atoms with Crippen molar-refractivity contribution in [1.82, 2.24) is 15.1 Å². The predicted molar refractivity (Wildman–Crippen MR) is 64.3 cm³/mol. The Hall–Kier alpha value is -0.610. The second kappa shape index (κ2) is 5.64. The molecule has 2 heterocycles. The zero-order valence-corrected chi connectivity index (χ0v) is 10.2. The number of amides is 1. The average Bonchev–Trinajstić information content (AvgIpc) is 2.55. The van der Waals surface area contributed by atoms with Crippen LogP contribution in [0.25, 0.3) is 0 Å². The Balaban J connectivity index is 1.85. The van der Waals surface area contributed by atoms with Gasteiger partial charge in [0.15, 0.2) is 0 Å². The molecule has 1 unspecified atom stereocenters. The normalized spacial score (nSPS) is 28.8. The van der Waals surface area contributed by atoms with E-state index in [0.717, 1.165) is 39.1 Å². The molecular formula is C12H23N3O. The SMILES string of the molecule is CC(=O)N1CCCN(C2CCCNC2)CC1. The lowest BCUT2D eigenvalue weighted by Gasteiger charge is -2.33. The van der Waals surface area contributed by atoms with Gasteiger partial charge in [0.2, 0.25) is 5.91 Å². The maximum atomic E-state index is 11.3. The van der Waals surface area contributed by atoms with Crippen LogP contribution in [0.3, 0.4) is 0 Å². The van der Waals surface area contributed by atoms with Crippen molar-refractivity contribution in [2.75, 3.05) is 39.3 Å². The third-order valence-electron chi connectivity index (χ3n) is 3.76. The van der Waals surface area contributed by atoms with Gasteiger partial charge in [0.1, 0.15) is 0 Å². The second-order valence-corrected chi connectivity index (χ2v) is 4.90. The maximum absolute atomic E-state index is 11.3. The molecule has 1 atom stereocenters. The molecule has 0 aromatic carbocycles. The first-order valence-electron chi connectivity index (χ1n) is 6.47. The molecular weight excluding hydrogens is 202 g/mol. The Morgan fingerprint density at radius 3 is 2.75 bits per heavy atom. The van der Waals surface area contributed by atoms with Crippen LogP contribution < -0.4 is 5.32 Å². The Morgan fingerprint density at radius 2 is 2.06 bits per heavy atom. The van der Waals surface area contributed by atoms with Crippen LogP contribution in [0.4, 0.5) is 0 Å². The molecule has 4 heteroatoms. The highest BCUT2D eigenvalue weighted by Gasteiger charge is 2.23. The quantitative estimate of drug-likeness (QED) is 0.697. The predicted octanol–water partition coefficient (Wildman–Crippen LogP) is 0.293. The standard InChI is InChI=1S/C12H23N3O/c1-11(16)14-6-3-7-15(9-8-14)12-4-2-5-13-10-12/h12-13H,2-10H2,1H3. The van der Waals surface area contributed by atoms with E-state index in [1.807, 2.05) is 4.90 Å². The summed E-state index contributed by atoms with van der Waals surface area (Å²) < 4.78 is 0. The van der Waals surface area contributed by atoms with E-state index in [4.69, 9.17) is 0 Å². The summed E-state index contributed by atoms with van der Waals surface area (Å²) in [5.74, 6) is 0.226. The lowest BCUT2D eigenvalue weighted by atomic mass is 10.1. The van der Waals surface area contributed by atoms with E-state index >= 15 is 0 Å². The summed E-state index contributed by atoms with van der Waals surface area (Å²) in [5, 5.41) is 3.46. The van der Waals surface area contributed by atoms with Crippen LogP contribution in [0.1, 0.15) is 26.2 Å². The zero-order chi connectivity index (χ0) is 11.4. The summed E-state index contributed by atoms with van der Waals surface area (Å²) in [4.78, 5) is 15.9. The van der Waals surface area contributed by atoms with Gasteiger partial charge in [-0.05, 0) is 25.8 Å². The minimum Gasteiger partial charge on any atom is -0.342 e. The molecule has 0 bridgehead atoms. The molecule has 0 radical (unpaired) electrons. The number of hydrogen-bond acceptors (Lipinski definition) is 3. The van der Waals surface area contributed by atoms with Gasteiger partial charge >= 0.3 is 0 Å². The van der Waals surface area contributed by atoms with Crippen molar-refractivity contribution in [3.63, 3.8) is 0 Å². The molecule has 4 nitrogen and oxygen atoms in total. The third kappa shape index (κ3) is 2.95. The van der Waals surface area contributed by atoms with E-state index in [1.165, 1.54) is 19.4 Å². The fourth-order valence-corrected chi connectivity index (χ4v) is 2.76. The van der Waals surface area contributed by atoms with Gasteiger partial charge in [-0.25, -0.2) is 0 Å². The molecule has 2 aliphatic rings. The lowest BCUT2D eigenvalue weighted by Crippen LogP contribution is -2.47. The Bertz CT molecular complexity index is 238. The topological polar surface area (TPSA) is 35.6 Å². The molecule has 0 spiro atoms. The molecule has 1 amide bonds. The van der Waals surface area contributed by atoms with Gasteiger partial charge in [-0.15, -0.1) is 0 Å². The van der Waals surface area contributed by atoms with Gasteiger partial charge in [-0.1, -0.05) is 0 Å². The molecule has 16 heavy (non-hydrogen) atoms. The van der Waals surface area contributed by atoms with Crippen LogP contribution >= 0.6 is 0 Å². The van der Waals surface area contributed by atoms with Gasteiger partial charge in [-0.3, -0.25) is 9.69 Å². The molecule has 0 aromatic rings. The highest BCUT2D eigenvalue weighted by atomic mass is 16.2. The van der Waals surface area contributed by atoms with Gasteiger partial charge in [0.05, 0.1) is 0 Å². The Labute approximate surface area is 98.0 Å². The van der Waals surface area contributed by atoms with Gasteiger partial charge in [0.25, 0.3) is 0 Å². The highest BCUT2D eigenvalue weighted by molar-refractivity contribution is 5.73. The van der Waals surface area contributed by atoms with Gasteiger partial charge < -0.3 is 10.2 Å². The smallest absolute Gasteiger partial charge is 0.219 e. The third-order valence-corrected chi connectivity index (χ3v) is 3.76. The molecule has 0 aromatic heterocycles.